The highest BCUT2D eigenvalue weighted by molar-refractivity contribution is 7.12. The summed E-state index contributed by atoms with van der Waals surface area (Å²) in [5.74, 6) is -0.819. The summed E-state index contributed by atoms with van der Waals surface area (Å²) in [4.78, 5) is 26.4. The van der Waals surface area contributed by atoms with E-state index in [1.807, 2.05) is 24.4 Å². The van der Waals surface area contributed by atoms with Crippen molar-refractivity contribution in [1.29, 1.82) is 0 Å². The van der Waals surface area contributed by atoms with Crippen molar-refractivity contribution in [3.63, 3.8) is 0 Å². The largest absolute Gasteiger partial charge is 0.497 e. The van der Waals surface area contributed by atoms with Gasteiger partial charge in [-0.15, -0.1) is 11.3 Å². The van der Waals surface area contributed by atoms with Crippen molar-refractivity contribution in [1.82, 2.24) is 8.75 Å². The molecule has 0 fully saturated rings. The monoisotopic (exact) mass is 450 g/mol. The highest BCUT2D eigenvalue weighted by Gasteiger charge is 2.25. The molecule has 0 saturated carbocycles. The van der Waals surface area contributed by atoms with E-state index in [4.69, 9.17) is 4.74 Å². The first-order valence-electron chi connectivity index (χ1n) is 9.38. The molecular formula is C23H18N2O4S2. The van der Waals surface area contributed by atoms with Gasteiger partial charge in [-0.05, 0) is 59.3 Å². The Hall–Kier alpha value is -3.36. The van der Waals surface area contributed by atoms with Crippen molar-refractivity contribution in [3.05, 3.63) is 81.1 Å². The van der Waals surface area contributed by atoms with Crippen LogP contribution in [0.15, 0.2) is 59.5 Å². The number of thiophene rings is 1. The van der Waals surface area contributed by atoms with Gasteiger partial charge in [-0.25, -0.2) is 4.79 Å². The maximum atomic E-state index is 13.5. The van der Waals surface area contributed by atoms with Gasteiger partial charge in [0.2, 0.25) is 0 Å². The molecule has 4 rings (SSSR count). The fourth-order valence-corrected chi connectivity index (χ4v) is 4.71. The molecule has 0 aliphatic heterocycles. The minimum atomic E-state index is -1.16. The fourth-order valence-electron chi connectivity index (χ4n) is 3.33. The lowest BCUT2D eigenvalue weighted by atomic mass is 9.91. The number of hydrogen-bond acceptors (Lipinski definition) is 7. The normalized spacial score (nSPS) is 11.9. The van der Waals surface area contributed by atoms with Gasteiger partial charge in [0.15, 0.2) is 5.78 Å². The Morgan fingerprint density at radius 2 is 1.87 bits per heavy atom. The first-order valence-corrected chi connectivity index (χ1v) is 11.0. The van der Waals surface area contributed by atoms with Crippen LogP contribution in [0.4, 0.5) is 0 Å². The lowest BCUT2D eigenvalue weighted by molar-refractivity contribution is -0.130. The van der Waals surface area contributed by atoms with E-state index >= 15 is 0 Å². The number of carbonyl (C=O) groups excluding carboxylic acids is 1. The van der Waals surface area contributed by atoms with Crippen LogP contribution in [0.25, 0.3) is 16.6 Å². The van der Waals surface area contributed by atoms with Crippen LogP contribution in [0, 0.1) is 6.92 Å². The highest BCUT2D eigenvalue weighted by atomic mass is 32.1. The van der Waals surface area contributed by atoms with Crippen LogP contribution in [-0.4, -0.2) is 32.7 Å². The van der Waals surface area contributed by atoms with Crippen molar-refractivity contribution in [2.75, 3.05) is 7.11 Å². The molecule has 1 N–H and O–H groups in total. The molecular weight excluding hydrogens is 432 g/mol. The number of carboxylic acid groups (broad SMARTS) is 1. The average Bonchev–Trinajstić information content (AvgIpc) is 3.41. The average molecular weight is 451 g/mol. The maximum absolute atomic E-state index is 13.5. The zero-order valence-electron chi connectivity index (χ0n) is 16.8. The molecule has 2 aromatic carbocycles. The summed E-state index contributed by atoms with van der Waals surface area (Å²) >= 11 is 2.37. The number of Topliss-reactive ketones (excluding diaryl/α,β-unsaturated/α-hetero) is 1. The third kappa shape index (κ3) is 4.40. The second-order valence-corrected chi connectivity index (χ2v) is 8.41. The molecule has 2 aromatic heterocycles. The van der Waals surface area contributed by atoms with Crippen LogP contribution in [-0.2, 0) is 11.2 Å². The van der Waals surface area contributed by atoms with Gasteiger partial charge in [0, 0.05) is 12.0 Å². The molecule has 0 saturated heterocycles. The summed E-state index contributed by atoms with van der Waals surface area (Å²) in [5.41, 5.74) is 3.63. The third-order valence-electron chi connectivity index (χ3n) is 4.80. The number of aliphatic carboxylic acids is 1. The quantitative estimate of drug-likeness (QED) is 0.314. The summed E-state index contributed by atoms with van der Waals surface area (Å²) in [6, 6.07) is 14.1. The van der Waals surface area contributed by atoms with Crippen LogP contribution in [0.3, 0.4) is 0 Å². The fraction of sp³-hybridized carbons (Fsp3) is 0.130. The molecule has 0 radical (unpaired) electrons. The van der Waals surface area contributed by atoms with Crippen LogP contribution in [0.1, 0.15) is 26.4 Å². The summed E-state index contributed by atoms with van der Waals surface area (Å²) in [6.07, 6.45) is 0.155. The van der Waals surface area contributed by atoms with E-state index in [1.54, 1.807) is 43.5 Å². The third-order valence-corrected chi connectivity index (χ3v) is 6.41. The molecule has 4 aromatic rings. The number of carboxylic acids is 1. The standard InChI is InChI=1S/C23H18N2O4S2/c1-13-8-20(30-12-13)22(26)17(10-14-4-3-5-16(9-14)29-2)21(23(27)28)15-6-7-18-19(11-15)25-31-24-18/h3-9,11-12H,10H2,1-2H3,(H,27,28). The van der Waals surface area contributed by atoms with Crippen LogP contribution < -0.4 is 4.74 Å². The highest BCUT2D eigenvalue weighted by Crippen LogP contribution is 2.30. The molecule has 31 heavy (non-hydrogen) atoms. The molecule has 0 amide bonds. The topological polar surface area (TPSA) is 89.4 Å². The van der Waals surface area contributed by atoms with Gasteiger partial charge in [0.1, 0.15) is 16.8 Å². The number of ketones is 1. The molecule has 156 valence electrons. The number of benzene rings is 2. The summed E-state index contributed by atoms with van der Waals surface area (Å²) in [6.45, 7) is 1.90. The maximum Gasteiger partial charge on any atom is 0.336 e. The molecule has 0 unspecified atom stereocenters. The Labute approximate surface area is 186 Å². The number of allylic oxidation sites excluding steroid dienone is 1. The first-order chi connectivity index (χ1) is 15.0. The van der Waals surface area contributed by atoms with Crippen molar-refractivity contribution in [3.8, 4) is 5.75 Å². The van der Waals surface area contributed by atoms with Crippen molar-refractivity contribution >= 4 is 51.4 Å². The minimum absolute atomic E-state index is 0.0335. The van der Waals surface area contributed by atoms with Crippen LogP contribution in [0.2, 0.25) is 0 Å². The van der Waals surface area contributed by atoms with Gasteiger partial charge in [0.05, 0.1) is 29.3 Å². The van der Waals surface area contributed by atoms with Crippen molar-refractivity contribution < 1.29 is 19.4 Å². The number of ether oxygens (including phenoxy) is 1. The number of hydrogen-bond donors (Lipinski definition) is 1. The minimum Gasteiger partial charge on any atom is -0.497 e. The lowest BCUT2D eigenvalue weighted by Crippen LogP contribution is -2.13. The number of methoxy groups -OCH3 is 1. The smallest absolute Gasteiger partial charge is 0.336 e. The summed E-state index contributed by atoms with van der Waals surface area (Å²) < 4.78 is 13.7. The molecule has 8 heteroatoms. The zero-order chi connectivity index (χ0) is 22.0. The Bertz CT molecular complexity index is 1320. The van der Waals surface area contributed by atoms with Gasteiger partial charge >= 0.3 is 5.97 Å². The SMILES string of the molecule is COc1cccc(CC(C(=O)c2cc(C)cs2)=C(C(=O)O)c2ccc3nsnc3c2)c1. The lowest BCUT2D eigenvalue weighted by Gasteiger charge is -2.13. The molecule has 0 aliphatic carbocycles. The molecule has 0 spiro atoms. The van der Waals surface area contributed by atoms with Crippen molar-refractivity contribution in [2.45, 2.75) is 13.3 Å². The van der Waals surface area contributed by atoms with E-state index in [2.05, 4.69) is 8.75 Å². The predicted molar refractivity (Wildman–Crippen MR) is 122 cm³/mol. The molecule has 0 aliphatic rings. The molecule has 0 atom stereocenters. The Kier molecular flexibility index (Phi) is 5.92. The predicted octanol–water partition coefficient (Wildman–Crippen LogP) is 5.03. The zero-order valence-corrected chi connectivity index (χ0v) is 18.4. The number of nitrogens with zero attached hydrogens (tertiary/aromatic N) is 2. The molecule has 0 bridgehead atoms. The van der Waals surface area contributed by atoms with E-state index in [0.29, 0.717) is 27.2 Å². The number of carbonyl (C=O) groups is 2. The molecule has 2 heterocycles. The molecule has 6 nitrogen and oxygen atoms in total. The Balaban J connectivity index is 1.90. The number of aryl methyl sites for hydroxylation is 1. The number of aromatic nitrogens is 2. The first kappa shape index (κ1) is 20.9. The van der Waals surface area contributed by atoms with E-state index in [9.17, 15) is 14.7 Å². The van der Waals surface area contributed by atoms with E-state index in [-0.39, 0.29) is 23.4 Å². The Morgan fingerprint density at radius 3 is 2.58 bits per heavy atom. The second-order valence-electron chi connectivity index (χ2n) is 6.97. The van der Waals surface area contributed by atoms with Gasteiger partial charge in [-0.2, -0.15) is 8.75 Å². The number of fused-ring (bicyclic) bond motifs is 1. The van der Waals surface area contributed by atoms with Gasteiger partial charge < -0.3 is 9.84 Å². The van der Waals surface area contributed by atoms with E-state index in [0.717, 1.165) is 22.9 Å². The van der Waals surface area contributed by atoms with Gasteiger partial charge in [0.25, 0.3) is 0 Å². The number of rotatable bonds is 7. The van der Waals surface area contributed by atoms with Gasteiger partial charge in [-0.3, -0.25) is 4.79 Å². The van der Waals surface area contributed by atoms with Crippen LogP contribution in [0.5, 0.6) is 5.75 Å². The summed E-state index contributed by atoms with van der Waals surface area (Å²) in [5, 5.41) is 12.0. The van der Waals surface area contributed by atoms with Crippen molar-refractivity contribution in [2.24, 2.45) is 0 Å². The second kappa shape index (κ2) is 8.79. The van der Waals surface area contributed by atoms with Crippen LogP contribution >= 0.6 is 23.1 Å². The summed E-state index contributed by atoms with van der Waals surface area (Å²) in [7, 11) is 1.56. The Morgan fingerprint density at radius 1 is 1.06 bits per heavy atom. The van der Waals surface area contributed by atoms with E-state index in [1.165, 1.54) is 11.3 Å². The van der Waals surface area contributed by atoms with E-state index < -0.39 is 5.97 Å². The van der Waals surface area contributed by atoms with Gasteiger partial charge in [-0.1, -0.05) is 18.2 Å².